The molecule has 2 rings (SSSR count). The Hall–Kier alpha value is -0.0900. The number of halogens is 1. The van der Waals surface area contributed by atoms with Gasteiger partial charge in [-0.15, -0.1) is 0 Å². The fourth-order valence-corrected chi connectivity index (χ4v) is 2.79. The normalized spacial score (nSPS) is 17.7. The van der Waals surface area contributed by atoms with Gasteiger partial charge in [0.15, 0.2) is 0 Å². The Morgan fingerprint density at radius 3 is 2.73 bits per heavy atom. The van der Waals surface area contributed by atoms with E-state index in [-0.39, 0.29) is 0 Å². The summed E-state index contributed by atoms with van der Waals surface area (Å²) in [5.74, 6) is 1.03. The lowest BCUT2D eigenvalue weighted by Gasteiger charge is -2.17. The summed E-state index contributed by atoms with van der Waals surface area (Å²) in [5, 5.41) is 3.44. The van der Waals surface area contributed by atoms with Gasteiger partial charge in [-0.25, -0.2) is 0 Å². The van der Waals surface area contributed by atoms with E-state index in [1.807, 2.05) is 0 Å². The van der Waals surface area contributed by atoms with Crippen LogP contribution in [-0.2, 0) is 0 Å². The van der Waals surface area contributed by atoms with E-state index < -0.39 is 0 Å². The lowest BCUT2D eigenvalue weighted by molar-refractivity contribution is 0.505. The first kappa shape index (κ1) is 11.4. The summed E-state index contributed by atoms with van der Waals surface area (Å²) in [5.41, 5.74) is 1.46. The largest absolute Gasteiger partial charge is 0.313 e. The molecule has 1 atom stereocenters. The van der Waals surface area contributed by atoms with Gasteiger partial charge in [0.05, 0.1) is 0 Å². The highest BCUT2D eigenvalue weighted by molar-refractivity contribution is 14.1. The van der Waals surface area contributed by atoms with Crippen LogP contribution in [0.1, 0.15) is 37.3 Å². The van der Waals surface area contributed by atoms with Gasteiger partial charge in [0.2, 0.25) is 0 Å². The fraction of sp³-hybridized carbons (Fsp3) is 0.538. The SMILES string of the molecule is CNC(CCC1CC1)c1ccccc1I. The van der Waals surface area contributed by atoms with Gasteiger partial charge in [-0.2, -0.15) is 0 Å². The molecule has 1 fully saturated rings. The maximum Gasteiger partial charge on any atom is 0.0328 e. The maximum atomic E-state index is 3.44. The van der Waals surface area contributed by atoms with E-state index in [0.29, 0.717) is 6.04 Å². The minimum atomic E-state index is 0.540. The molecule has 0 amide bonds. The van der Waals surface area contributed by atoms with Crippen LogP contribution in [0.4, 0.5) is 0 Å². The molecule has 82 valence electrons. The van der Waals surface area contributed by atoms with Gasteiger partial charge in [0.1, 0.15) is 0 Å². The van der Waals surface area contributed by atoms with E-state index in [1.54, 1.807) is 0 Å². The predicted molar refractivity (Wildman–Crippen MR) is 72.9 cm³/mol. The van der Waals surface area contributed by atoms with E-state index in [1.165, 1.54) is 34.8 Å². The molecule has 15 heavy (non-hydrogen) atoms. The molecular formula is C13H18IN. The van der Waals surface area contributed by atoms with Crippen molar-refractivity contribution in [2.24, 2.45) is 5.92 Å². The standard InChI is InChI=1S/C13H18IN/c1-15-13(9-8-10-6-7-10)11-4-2-3-5-12(11)14/h2-5,10,13,15H,6-9H2,1H3. The van der Waals surface area contributed by atoms with Crippen LogP contribution in [0.25, 0.3) is 0 Å². The van der Waals surface area contributed by atoms with Crippen LogP contribution in [0.2, 0.25) is 0 Å². The van der Waals surface area contributed by atoms with Crippen molar-refractivity contribution in [3.8, 4) is 0 Å². The molecule has 0 bridgehead atoms. The van der Waals surface area contributed by atoms with Gasteiger partial charge < -0.3 is 5.32 Å². The van der Waals surface area contributed by atoms with Crippen molar-refractivity contribution >= 4 is 22.6 Å². The molecule has 1 aliphatic carbocycles. The predicted octanol–water partition coefficient (Wildman–Crippen LogP) is 3.74. The Kier molecular flexibility index (Phi) is 4.03. The van der Waals surface area contributed by atoms with Crippen molar-refractivity contribution in [2.75, 3.05) is 7.05 Å². The van der Waals surface area contributed by atoms with Crippen molar-refractivity contribution in [3.63, 3.8) is 0 Å². The highest BCUT2D eigenvalue weighted by atomic mass is 127. The summed E-state index contributed by atoms with van der Waals surface area (Å²) in [6, 6.07) is 9.23. The van der Waals surface area contributed by atoms with Crippen LogP contribution in [0, 0.1) is 9.49 Å². The zero-order valence-corrected chi connectivity index (χ0v) is 11.3. The first-order valence-corrected chi connectivity index (χ1v) is 6.81. The third kappa shape index (κ3) is 3.18. The average Bonchev–Trinajstić information content (AvgIpc) is 3.05. The quantitative estimate of drug-likeness (QED) is 0.816. The molecule has 1 aromatic rings. The molecule has 0 saturated heterocycles. The average molecular weight is 315 g/mol. The molecule has 0 aliphatic heterocycles. The van der Waals surface area contributed by atoms with Crippen LogP contribution in [0.5, 0.6) is 0 Å². The van der Waals surface area contributed by atoms with Gasteiger partial charge in [0, 0.05) is 9.61 Å². The van der Waals surface area contributed by atoms with Gasteiger partial charge in [-0.05, 0) is 60.0 Å². The third-order valence-electron chi connectivity index (χ3n) is 3.19. The topological polar surface area (TPSA) is 12.0 Å². The van der Waals surface area contributed by atoms with Crippen molar-refractivity contribution in [1.82, 2.24) is 5.32 Å². The summed E-state index contributed by atoms with van der Waals surface area (Å²) in [6.07, 6.45) is 5.59. The molecule has 1 saturated carbocycles. The molecule has 0 heterocycles. The lowest BCUT2D eigenvalue weighted by Crippen LogP contribution is -2.17. The Morgan fingerprint density at radius 2 is 2.13 bits per heavy atom. The zero-order valence-electron chi connectivity index (χ0n) is 9.17. The van der Waals surface area contributed by atoms with Crippen LogP contribution < -0.4 is 5.32 Å². The van der Waals surface area contributed by atoms with Crippen molar-refractivity contribution < 1.29 is 0 Å². The fourth-order valence-electron chi connectivity index (χ4n) is 2.02. The number of rotatable bonds is 5. The number of benzene rings is 1. The Morgan fingerprint density at radius 1 is 1.40 bits per heavy atom. The Bertz CT molecular complexity index is 320. The molecule has 0 aromatic heterocycles. The molecule has 0 radical (unpaired) electrons. The van der Waals surface area contributed by atoms with E-state index >= 15 is 0 Å². The van der Waals surface area contributed by atoms with Crippen LogP contribution >= 0.6 is 22.6 Å². The lowest BCUT2D eigenvalue weighted by atomic mass is 10.0. The van der Waals surface area contributed by atoms with E-state index in [9.17, 15) is 0 Å². The maximum absolute atomic E-state index is 3.44. The van der Waals surface area contributed by atoms with Crippen LogP contribution in [-0.4, -0.2) is 7.05 Å². The minimum absolute atomic E-state index is 0.540. The van der Waals surface area contributed by atoms with E-state index in [0.717, 1.165) is 5.92 Å². The van der Waals surface area contributed by atoms with Gasteiger partial charge >= 0.3 is 0 Å². The summed E-state index contributed by atoms with van der Waals surface area (Å²) in [4.78, 5) is 0. The van der Waals surface area contributed by atoms with Gasteiger partial charge in [-0.3, -0.25) is 0 Å². The summed E-state index contributed by atoms with van der Waals surface area (Å²) < 4.78 is 1.38. The minimum Gasteiger partial charge on any atom is -0.313 e. The number of nitrogens with one attached hydrogen (secondary N) is 1. The Balaban J connectivity index is 2.00. The van der Waals surface area contributed by atoms with Crippen molar-refractivity contribution in [2.45, 2.75) is 31.7 Å². The van der Waals surface area contributed by atoms with E-state index in [2.05, 4.69) is 59.2 Å². The first-order chi connectivity index (χ1) is 7.31. The van der Waals surface area contributed by atoms with E-state index in [4.69, 9.17) is 0 Å². The molecule has 1 aliphatic rings. The number of hydrogen-bond acceptors (Lipinski definition) is 1. The molecule has 0 spiro atoms. The summed E-state index contributed by atoms with van der Waals surface area (Å²) in [7, 11) is 2.07. The first-order valence-electron chi connectivity index (χ1n) is 5.73. The monoisotopic (exact) mass is 315 g/mol. The third-order valence-corrected chi connectivity index (χ3v) is 4.17. The van der Waals surface area contributed by atoms with Crippen LogP contribution in [0.15, 0.2) is 24.3 Å². The van der Waals surface area contributed by atoms with Crippen molar-refractivity contribution in [3.05, 3.63) is 33.4 Å². The molecule has 2 heteroatoms. The molecule has 1 aromatic carbocycles. The highest BCUT2D eigenvalue weighted by Gasteiger charge is 2.23. The highest BCUT2D eigenvalue weighted by Crippen LogP contribution is 2.36. The smallest absolute Gasteiger partial charge is 0.0328 e. The zero-order chi connectivity index (χ0) is 10.7. The molecule has 1 nitrogen and oxygen atoms in total. The molecule has 1 N–H and O–H groups in total. The second-order valence-corrected chi connectivity index (χ2v) is 5.55. The van der Waals surface area contributed by atoms with Gasteiger partial charge in [-0.1, -0.05) is 31.0 Å². The summed E-state index contributed by atoms with van der Waals surface area (Å²) in [6.45, 7) is 0. The van der Waals surface area contributed by atoms with Gasteiger partial charge in [0.25, 0.3) is 0 Å². The summed E-state index contributed by atoms with van der Waals surface area (Å²) >= 11 is 2.43. The molecule has 1 unspecified atom stereocenters. The van der Waals surface area contributed by atoms with Crippen LogP contribution in [0.3, 0.4) is 0 Å². The van der Waals surface area contributed by atoms with Crippen molar-refractivity contribution in [1.29, 1.82) is 0 Å². The second kappa shape index (κ2) is 5.30. The Labute approximate surface area is 106 Å². The number of hydrogen-bond donors (Lipinski definition) is 1. The second-order valence-electron chi connectivity index (χ2n) is 4.38. The molecular weight excluding hydrogens is 297 g/mol.